The van der Waals surface area contributed by atoms with Crippen LogP contribution in [0, 0.1) is 19.8 Å². The number of amides is 3. The fraction of sp³-hybridized carbons (Fsp3) is 0.292. The van der Waals surface area contributed by atoms with Crippen LogP contribution in [0.15, 0.2) is 55.1 Å². The van der Waals surface area contributed by atoms with E-state index in [1.807, 2.05) is 32.0 Å². The van der Waals surface area contributed by atoms with Crippen molar-refractivity contribution in [2.45, 2.75) is 20.3 Å². The first-order valence-electron chi connectivity index (χ1n) is 10.2. The molecule has 0 aliphatic carbocycles. The number of nitrogens with one attached hydrogen (secondary N) is 2. The molecule has 2 aromatic rings. The van der Waals surface area contributed by atoms with Gasteiger partial charge in [0.2, 0.25) is 11.8 Å². The van der Waals surface area contributed by atoms with Crippen LogP contribution in [-0.2, 0) is 14.4 Å². The van der Waals surface area contributed by atoms with E-state index in [2.05, 4.69) is 17.2 Å². The molecule has 1 aliphatic heterocycles. The van der Waals surface area contributed by atoms with Gasteiger partial charge < -0.3 is 20.3 Å². The zero-order valence-corrected chi connectivity index (χ0v) is 17.8. The number of anilines is 2. The quantitative estimate of drug-likeness (QED) is 0.642. The summed E-state index contributed by atoms with van der Waals surface area (Å²) < 4.78 is 5.56. The molecule has 0 radical (unpaired) electrons. The number of hydrogen-bond donors (Lipinski definition) is 2. The first-order valence-corrected chi connectivity index (χ1v) is 10.2. The van der Waals surface area contributed by atoms with E-state index in [0.29, 0.717) is 24.5 Å². The van der Waals surface area contributed by atoms with Gasteiger partial charge in [0.15, 0.2) is 6.61 Å². The van der Waals surface area contributed by atoms with Gasteiger partial charge >= 0.3 is 0 Å². The summed E-state index contributed by atoms with van der Waals surface area (Å²) in [5.41, 5.74) is 3.57. The van der Waals surface area contributed by atoms with Crippen LogP contribution in [0.5, 0.6) is 5.75 Å². The molecule has 162 valence electrons. The minimum atomic E-state index is -0.377. The summed E-state index contributed by atoms with van der Waals surface area (Å²) in [6.45, 7) is 8.11. The Morgan fingerprint density at radius 2 is 1.84 bits per heavy atom. The molecule has 7 nitrogen and oxygen atoms in total. The van der Waals surface area contributed by atoms with Crippen LogP contribution in [0.3, 0.4) is 0 Å². The molecule has 0 saturated carbocycles. The summed E-state index contributed by atoms with van der Waals surface area (Å²) in [7, 11) is 0. The average molecular weight is 421 g/mol. The van der Waals surface area contributed by atoms with Crippen molar-refractivity contribution in [3.05, 3.63) is 66.2 Å². The topological polar surface area (TPSA) is 87.7 Å². The molecule has 7 heteroatoms. The Bertz CT molecular complexity index is 965. The maximum Gasteiger partial charge on any atom is 0.262 e. The minimum Gasteiger partial charge on any atom is -0.484 e. The molecule has 3 amide bonds. The second-order valence-electron chi connectivity index (χ2n) is 7.65. The van der Waals surface area contributed by atoms with Gasteiger partial charge in [0, 0.05) is 30.9 Å². The van der Waals surface area contributed by atoms with E-state index in [-0.39, 0.29) is 36.7 Å². The van der Waals surface area contributed by atoms with Crippen LogP contribution >= 0.6 is 0 Å². The van der Waals surface area contributed by atoms with Crippen molar-refractivity contribution in [2.75, 3.05) is 29.9 Å². The molecule has 1 aliphatic rings. The number of carbonyl (C=O) groups excluding carboxylic acids is 3. The second kappa shape index (κ2) is 9.93. The molecule has 1 fully saturated rings. The maximum atomic E-state index is 12.3. The SMILES string of the molecule is C=CCNC(=O)[C@@H]1CC(=O)N(c2ccc(OCC(=O)Nc3cc(C)cc(C)c3)cc2)C1. The number of carbonyl (C=O) groups is 3. The summed E-state index contributed by atoms with van der Waals surface area (Å²) >= 11 is 0. The second-order valence-corrected chi connectivity index (χ2v) is 7.65. The van der Waals surface area contributed by atoms with E-state index in [0.717, 1.165) is 16.8 Å². The molecule has 3 rings (SSSR count). The first-order chi connectivity index (χ1) is 14.9. The van der Waals surface area contributed by atoms with Crippen LogP contribution in [-0.4, -0.2) is 37.4 Å². The minimum absolute atomic E-state index is 0.0970. The highest BCUT2D eigenvalue weighted by atomic mass is 16.5. The third-order valence-corrected chi connectivity index (χ3v) is 4.94. The van der Waals surface area contributed by atoms with E-state index in [1.54, 1.807) is 35.2 Å². The Kier molecular flexibility index (Phi) is 7.07. The molecule has 1 heterocycles. The van der Waals surface area contributed by atoms with E-state index >= 15 is 0 Å². The van der Waals surface area contributed by atoms with Gasteiger partial charge in [0.25, 0.3) is 5.91 Å². The first kappa shape index (κ1) is 22.1. The fourth-order valence-electron chi connectivity index (χ4n) is 3.56. The summed E-state index contributed by atoms with van der Waals surface area (Å²) in [6.07, 6.45) is 1.78. The molecule has 2 N–H and O–H groups in total. The van der Waals surface area contributed by atoms with Gasteiger partial charge in [-0.2, -0.15) is 0 Å². The third kappa shape index (κ3) is 5.94. The molecule has 0 unspecified atom stereocenters. The lowest BCUT2D eigenvalue weighted by atomic mass is 10.1. The molecular weight excluding hydrogens is 394 g/mol. The summed E-state index contributed by atoms with van der Waals surface area (Å²) in [6, 6.07) is 12.7. The van der Waals surface area contributed by atoms with Gasteiger partial charge in [-0.1, -0.05) is 12.1 Å². The number of nitrogens with zero attached hydrogens (tertiary/aromatic N) is 1. The fourth-order valence-corrected chi connectivity index (χ4v) is 3.56. The Hall–Kier alpha value is -3.61. The monoisotopic (exact) mass is 421 g/mol. The van der Waals surface area contributed by atoms with Crippen LogP contribution in [0.4, 0.5) is 11.4 Å². The van der Waals surface area contributed by atoms with Crippen molar-refractivity contribution in [2.24, 2.45) is 5.92 Å². The molecule has 31 heavy (non-hydrogen) atoms. The number of ether oxygens (including phenoxy) is 1. The number of aryl methyl sites for hydroxylation is 2. The summed E-state index contributed by atoms with van der Waals surface area (Å²) in [4.78, 5) is 38.2. The Morgan fingerprint density at radius 3 is 2.48 bits per heavy atom. The predicted octanol–water partition coefficient (Wildman–Crippen LogP) is 2.98. The molecule has 0 spiro atoms. The highest BCUT2D eigenvalue weighted by molar-refractivity contribution is 6.00. The van der Waals surface area contributed by atoms with Crippen molar-refractivity contribution >= 4 is 29.1 Å². The zero-order chi connectivity index (χ0) is 22.4. The third-order valence-electron chi connectivity index (χ3n) is 4.94. The smallest absolute Gasteiger partial charge is 0.262 e. The largest absolute Gasteiger partial charge is 0.484 e. The van der Waals surface area contributed by atoms with Gasteiger partial charge in [0.05, 0.1) is 5.92 Å². The lowest BCUT2D eigenvalue weighted by Crippen LogP contribution is -2.32. The molecule has 0 bridgehead atoms. The Balaban J connectivity index is 1.53. The zero-order valence-electron chi connectivity index (χ0n) is 17.8. The van der Waals surface area contributed by atoms with Gasteiger partial charge in [-0.25, -0.2) is 0 Å². The van der Waals surface area contributed by atoms with E-state index in [1.165, 1.54) is 0 Å². The number of rotatable bonds is 8. The van der Waals surface area contributed by atoms with Gasteiger partial charge in [-0.05, 0) is 61.4 Å². The predicted molar refractivity (Wildman–Crippen MR) is 120 cm³/mol. The summed E-state index contributed by atoms with van der Waals surface area (Å²) in [5, 5.41) is 5.56. The highest BCUT2D eigenvalue weighted by Crippen LogP contribution is 2.27. The molecular formula is C24H27N3O4. The highest BCUT2D eigenvalue weighted by Gasteiger charge is 2.34. The van der Waals surface area contributed by atoms with Gasteiger partial charge in [-0.3, -0.25) is 14.4 Å². The van der Waals surface area contributed by atoms with Crippen molar-refractivity contribution in [1.82, 2.24) is 5.32 Å². The van der Waals surface area contributed by atoms with E-state index in [9.17, 15) is 14.4 Å². The Labute approximate surface area is 182 Å². The molecule has 0 aromatic heterocycles. The van der Waals surface area contributed by atoms with Crippen molar-refractivity contribution in [3.8, 4) is 5.75 Å². The Morgan fingerprint density at radius 1 is 1.16 bits per heavy atom. The van der Waals surface area contributed by atoms with Crippen molar-refractivity contribution in [3.63, 3.8) is 0 Å². The number of benzene rings is 2. The van der Waals surface area contributed by atoms with Crippen LogP contribution < -0.4 is 20.3 Å². The van der Waals surface area contributed by atoms with Gasteiger partial charge in [0.1, 0.15) is 5.75 Å². The van der Waals surface area contributed by atoms with Gasteiger partial charge in [-0.15, -0.1) is 6.58 Å². The molecule has 2 aromatic carbocycles. The van der Waals surface area contributed by atoms with E-state index < -0.39 is 0 Å². The summed E-state index contributed by atoms with van der Waals surface area (Å²) in [5.74, 6) is -0.355. The molecule has 1 saturated heterocycles. The van der Waals surface area contributed by atoms with Crippen LogP contribution in [0.2, 0.25) is 0 Å². The van der Waals surface area contributed by atoms with Crippen molar-refractivity contribution < 1.29 is 19.1 Å². The average Bonchev–Trinajstić information content (AvgIpc) is 3.12. The van der Waals surface area contributed by atoms with Crippen LogP contribution in [0.25, 0.3) is 0 Å². The van der Waals surface area contributed by atoms with E-state index in [4.69, 9.17) is 4.74 Å². The number of hydrogen-bond acceptors (Lipinski definition) is 4. The lowest BCUT2D eigenvalue weighted by molar-refractivity contribution is -0.126. The van der Waals surface area contributed by atoms with Crippen molar-refractivity contribution in [1.29, 1.82) is 0 Å². The van der Waals surface area contributed by atoms with Crippen LogP contribution in [0.1, 0.15) is 17.5 Å². The maximum absolute atomic E-state index is 12.3. The normalized spacial score (nSPS) is 15.5. The standard InChI is InChI=1S/C24H27N3O4/c1-4-9-25-24(30)18-13-23(29)27(14-18)20-5-7-21(8-6-20)31-15-22(28)26-19-11-16(2)10-17(3)12-19/h4-8,10-12,18H,1,9,13-15H2,2-3H3,(H,25,30)(H,26,28)/t18-/m1/s1. The molecule has 1 atom stereocenters. The lowest BCUT2D eigenvalue weighted by Gasteiger charge is -2.17.